The maximum Gasteiger partial charge on any atom is 0.254 e. The monoisotopic (exact) mass is 260 g/mol. The second-order valence-electron chi connectivity index (χ2n) is 5.52. The SMILES string of the molecule is CC1CN(C(=O)c2ccc3c(c2)CCN3)CC(C)O1. The number of nitrogens with one attached hydrogen (secondary N) is 1. The van der Waals surface area contributed by atoms with E-state index in [9.17, 15) is 4.79 Å². The van der Waals surface area contributed by atoms with Crippen LogP contribution in [0.25, 0.3) is 0 Å². The van der Waals surface area contributed by atoms with Crippen molar-refractivity contribution in [1.29, 1.82) is 0 Å². The molecule has 1 saturated heterocycles. The van der Waals surface area contributed by atoms with Gasteiger partial charge in [-0.2, -0.15) is 0 Å². The minimum Gasteiger partial charge on any atom is -0.384 e. The van der Waals surface area contributed by atoms with Crippen LogP contribution in [0.4, 0.5) is 5.69 Å². The van der Waals surface area contributed by atoms with E-state index in [4.69, 9.17) is 4.74 Å². The van der Waals surface area contributed by atoms with Crippen LogP contribution >= 0.6 is 0 Å². The van der Waals surface area contributed by atoms with Crippen molar-refractivity contribution in [1.82, 2.24) is 4.90 Å². The predicted octanol–water partition coefficient (Wildman–Crippen LogP) is 1.90. The van der Waals surface area contributed by atoms with Crippen LogP contribution in [-0.2, 0) is 11.2 Å². The van der Waals surface area contributed by atoms with Crippen LogP contribution in [0.5, 0.6) is 0 Å². The summed E-state index contributed by atoms with van der Waals surface area (Å²) in [7, 11) is 0. The van der Waals surface area contributed by atoms with Gasteiger partial charge < -0.3 is 15.0 Å². The quantitative estimate of drug-likeness (QED) is 0.838. The Balaban J connectivity index is 1.80. The van der Waals surface area contributed by atoms with Crippen molar-refractivity contribution < 1.29 is 9.53 Å². The van der Waals surface area contributed by atoms with Gasteiger partial charge in [0.25, 0.3) is 5.91 Å². The standard InChI is InChI=1S/C15H20N2O2/c1-10-8-17(9-11(2)19-10)15(18)13-3-4-14-12(7-13)5-6-16-14/h3-4,7,10-11,16H,5-6,8-9H2,1-2H3. The van der Waals surface area contributed by atoms with E-state index in [1.54, 1.807) is 0 Å². The van der Waals surface area contributed by atoms with E-state index in [1.807, 2.05) is 36.9 Å². The van der Waals surface area contributed by atoms with Crippen LogP contribution < -0.4 is 5.32 Å². The Kier molecular flexibility index (Phi) is 3.19. The zero-order valence-corrected chi connectivity index (χ0v) is 11.5. The number of nitrogens with zero attached hydrogens (tertiary/aromatic N) is 1. The average molecular weight is 260 g/mol. The lowest BCUT2D eigenvalue weighted by molar-refractivity contribution is -0.0586. The van der Waals surface area contributed by atoms with E-state index >= 15 is 0 Å². The van der Waals surface area contributed by atoms with Crippen molar-refractivity contribution >= 4 is 11.6 Å². The minimum atomic E-state index is 0.115. The summed E-state index contributed by atoms with van der Waals surface area (Å²) in [6.07, 6.45) is 1.24. The van der Waals surface area contributed by atoms with Gasteiger partial charge in [0.15, 0.2) is 0 Å². The van der Waals surface area contributed by atoms with Crippen LogP contribution in [0.15, 0.2) is 18.2 Å². The van der Waals surface area contributed by atoms with Gasteiger partial charge in [-0.25, -0.2) is 0 Å². The molecular weight excluding hydrogens is 240 g/mol. The third kappa shape index (κ3) is 2.45. The largest absolute Gasteiger partial charge is 0.384 e. The lowest BCUT2D eigenvalue weighted by Crippen LogP contribution is -2.48. The Bertz CT molecular complexity index is 491. The number of morpholine rings is 1. The van der Waals surface area contributed by atoms with Gasteiger partial charge in [0.05, 0.1) is 12.2 Å². The summed E-state index contributed by atoms with van der Waals surface area (Å²) in [5.74, 6) is 0.122. The highest BCUT2D eigenvalue weighted by Gasteiger charge is 2.27. The fraction of sp³-hybridized carbons (Fsp3) is 0.533. The fourth-order valence-electron chi connectivity index (χ4n) is 2.96. The highest BCUT2D eigenvalue weighted by molar-refractivity contribution is 5.95. The van der Waals surface area contributed by atoms with Crippen LogP contribution in [0.3, 0.4) is 0 Å². The van der Waals surface area contributed by atoms with Crippen molar-refractivity contribution in [3.05, 3.63) is 29.3 Å². The van der Waals surface area contributed by atoms with Crippen LogP contribution in [0.2, 0.25) is 0 Å². The first kappa shape index (κ1) is 12.5. The number of ether oxygens (including phenoxy) is 1. The molecule has 1 fully saturated rings. The molecule has 0 spiro atoms. The number of anilines is 1. The number of carbonyl (C=O) groups excluding carboxylic acids is 1. The normalized spacial score (nSPS) is 25.9. The smallest absolute Gasteiger partial charge is 0.254 e. The number of rotatable bonds is 1. The third-order valence-corrected chi connectivity index (χ3v) is 3.77. The first-order chi connectivity index (χ1) is 9.13. The molecule has 2 aliphatic rings. The molecule has 3 rings (SSSR count). The highest BCUT2D eigenvalue weighted by atomic mass is 16.5. The van der Waals surface area contributed by atoms with Gasteiger partial charge in [-0.05, 0) is 44.0 Å². The second kappa shape index (κ2) is 4.85. The summed E-state index contributed by atoms with van der Waals surface area (Å²) in [4.78, 5) is 14.4. The second-order valence-corrected chi connectivity index (χ2v) is 5.52. The lowest BCUT2D eigenvalue weighted by atomic mass is 10.1. The molecule has 0 aliphatic carbocycles. The van der Waals surface area contributed by atoms with Crippen molar-refractivity contribution in [2.75, 3.05) is 25.0 Å². The molecule has 2 aliphatic heterocycles. The van der Waals surface area contributed by atoms with Gasteiger partial charge in [-0.1, -0.05) is 0 Å². The first-order valence-electron chi connectivity index (χ1n) is 6.95. The van der Waals surface area contributed by atoms with Crippen LogP contribution in [-0.4, -0.2) is 42.6 Å². The summed E-state index contributed by atoms with van der Waals surface area (Å²) in [5.41, 5.74) is 3.21. The van der Waals surface area contributed by atoms with Crippen LogP contribution in [0.1, 0.15) is 29.8 Å². The average Bonchev–Trinajstić information content (AvgIpc) is 2.83. The Morgan fingerprint density at radius 1 is 1.32 bits per heavy atom. The summed E-state index contributed by atoms with van der Waals surface area (Å²) < 4.78 is 5.67. The highest BCUT2D eigenvalue weighted by Crippen LogP contribution is 2.24. The summed E-state index contributed by atoms with van der Waals surface area (Å²) in [5, 5.41) is 3.31. The first-order valence-corrected chi connectivity index (χ1v) is 6.95. The Labute approximate surface area is 113 Å². The molecule has 1 N–H and O–H groups in total. The fourth-order valence-corrected chi connectivity index (χ4v) is 2.96. The molecular formula is C15H20N2O2. The van der Waals surface area contributed by atoms with E-state index in [1.165, 1.54) is 11.3 Å². The Morgan fingerprint density at radius 3 is 2.79 bits per heavy atom. The van der Waals surface area contributed by atoms with E-state index in [-0.39, 0.29) is 18.1 Å². The topological polar surface area (TPSA) is 41.6 Å². The van der Waals surface area contributed by atoms with Gasteiger partial charge in [-0.3, -0.25) is 4.79 Å². The molecule has 0 radical (unpaired) electrons. The van der Waals surface area contributed by atoms with Crippen molar-refractivity contribution in [3.8, 4) is 0 Å². The maximum absolute atomic E-state index is 12.5. The number of fused-ring (bicyclic) bond motifs is 1. The molecule has 1 aromatic carbocycles. The molecule has 1 amide bonds. The number of benzene rings is 1. The molecule has 0 saturated carbocycles. The van der Waals surface area contributed by atoms with Gasteiger partial charge >= 0.3 is 0 Å². The van der Waals surface area contributed by atoms with E-state index in [2.05, 4.69) is 5.32 Å². The summed E-state index contributed by atoms with van der Waals surface area (Å²) in [6, 6.07) is 5.97. The molecule has 0 aromatic heterocycles. The zero-order chi connectivity index (χ0) is 13.4. The number of hydrogen-bond donors (Lipinski definition) is 1. The van der Waals surface area contributed by atoms with Gasteiger partial charge in [-0.15, -0.1) is 0 Å². The molecule has 2 heterocycles. The van der Waals surface area contributed by atoms with Gasteiger partial charge in [0, 0.05) is 30.9 Å². The molecule has 4 heteroatoms. The minimum absolute atomic E-state index is 0.115. The molecule has 0 bridgehead atoms. The maximum atomic E-state index is 12.5. The van der Waals surface area contributed by atoms with Crippen molar-refractivity contribution in [3.63, 3.8) is 0 Å². The molecule has 19 heavy (non-hydrogen) atoms. The van der Waals surface area contributed by atoms with Gasteiger partial charge in [0.1, 0.15) is 0 Å². The summed E-state index contributed by atoms with van der Waals surface area (Å²) >= 11 is 0. The molecule has 4 nitrogen and oxygen atoms in total. The molecule has 1 aromatic rings. The third-order valence-electron chi connectivity index (χ3n) is 3.77. The predicted molar refractivity (Wildman–Crippen MR) is 74.5 cm³/mol. The van der Waals surface area contributed by atoms with E-state index in [0.717, 1.165) is 18.5 Å². The van der Waals surface area contributed by atoms with E-state index in [0.29, 0.717) is 13.1 Å². The Hall–Kier alpha value is -1.55. The van der Waals surface area contributed by atoms with Crippen molar-refractivity contribution in [2.24, 2.45) is 0 Å². The number of carbonyl (C=O) groups is 1. The molecule has 2 atom stereocenters. The van der Waals surface area contributed by atoms with Crippen LogP contribution in [0, 0.1) is 0 Å². The van der Waals surface area contributed by atoms with Crippen molar-refractivity contribution in [2.45, 2.75) is 32.5 Å². The Morgan fingerprint density at radius 2 is 2.05 bits per heavy atom. The van der Waals surface area contributed by atoms with E-state index < -0.39 is 0 Å². The number of hydrogen-bond acceptors (Lipinski definition) is 3. The number of amides is 1. The zero-order valence-electron chi connectivity index (χ0n) is 11.5. The van der Waals surface area contributed by atoms with Gasteiger partial charge in [0.2, 0.25) is 0 Å². The lowest BCUT2D eigenvalue weighted by Gasteiger charge is -2.35. The molecule has 102 valence electrons. The summed E-state index contributed by atoms with van der Waals surface area (Å²) in [6.45, 7) is 6.36. The molecule has 2 unspecified atom stereocenters.